The molecule has 5 heteroatoms. The van der Waals surface area contributed by atoms with Crippen LogP contribution in [0.4, 0.5) is 0 Å². The lowest BCUT2D eigenvalue weighted by Gasteiger charge is -2.26. The number of pyridine rings is 1. The molecule has 0 radical (unpaired) electrons. The summed E-state index contributed by atoms with van der Waals surface area (Å²) in [5, 5.41) is 1.26. The normalized spacial score (nSPS) is 14.7. The first kappa shape index (κ1) is 19.8. The van der Waals surface area contributed by atoms with E-state index in [1.165, 1.54) is 16.5 Å². The first-order chi connectivity index (χ1) is 15.3. The Morgan fingerprint density at radius 2 is 1.74 bits per heavy atom. The van der Waals surface area contributed by atoms with Crippen LogP contribution >= 0.6 is 0 Å². The van der Waals surface area contributed by atoms with E-state index in [2.05, 4.69) is 57.0 Å². The lowest BCUT2D eigenvalue weighted by molar-refractivity contribution is 0.0365. The molecule has 0 amide bonds. The predicted molar refractivity (Wildman–Crippen MR) is 124 cm³/mol. The molecule has 5 nitrogen and oxygen atoms in total. The number of nitrogens with zero attached hydrogens (tertiary/aromatic N) is 3. The van der Waals surface area contributed by atoms with Crippen LogP contribution in [0, 0.1) is 0 Å². The zero-order valence-corrected chi connectivity index (χ0v) is 17.8. The van der Waals surface area contributed by atoms with E-state index in [4.69, 9.17) is 9.47 Å². The molecule has 4 aromatic rings. The minimum atomic E-state index is 0.834. The SMILES string of the molecule is COc1cccc(-c2cncc(-c3cn(CCN4CCOCC4)c4ccccc34)c2)c1. The second-order valence-corrected chi connectivity index (χ2v) is 7.90. The van der Waals surface area contributed by atoms with Crippen molar-refractivity contribution in [3.8, 4) is 28.0 Å². The summed E-state index contributed by atoms with van der Waals surface area (Å²) in [4.78, 5) is 7.03. The lowest BCUT2D eigenvalue weighted by atomic mass is 10.0. The fourth-order valence-corrected chi connectivity index (χ4v) is 4.28. The fourth-order valence-electron chi connectivity index (χ4n) is 4.28. The van der Waals surface area contributed by atoms with Crippen molar-refractivity contribution in [3.63, 3.8) is 0 Å². The molecular formula is C26H27N3O2. The Morgan fingerprint density at radius 1 is 0.903 bits per heavy atom. The van der Waals surface area contributed by atoms with Gasteiger partial charge in [-0.05, 0) is 29.8 Å². The molecule has 0 N–H and O–H groups in total. The molecule has 1 saturated heterocycles. The Morgan fingerprint density at radius 3 is 2.61 bits per heavy atom. The van der Waals surface area contributed by atoms with Gasteiger partial charge in [-0.25, -0.2) is 0 Å². The second kappa shape index (κ2) is 8.92. The summed E-state index contributed by atoms with van der Waals surface area (Å²) in [7, 11) is 1.69. The zero-order valence-electron chi connectivity index (χ0n) is 17.8. The van der Waals surface area contributed by atoms with E-state index < -0.39 is 0 Å². The number of methoxy groups -OCH3 is 1. The summed E-state index contributed by atoms with van der Waals surface area (Å²) in [5.74, 6) is 0.850. The van der Waals surface area contributed by atoms with Gasteiger partial charge < -0.3 is 14.0 Å². The van der Waals surface area contributed by atoms with Crippen molar-refractivity contribution in [2.75, 3.05) is 40.0 Å². The summed E-state index contributed by atoms with van der Waals surface area (Å²) in [6.07, 6.45) is 6.14. The average molecular weight is 414 g/mol. The molecule has 0 aliphatic carbocycles. The standard InChI is InChI=1S/C26H27N3O2/c1-30-23-6-4-5-20(16-23)21-15-22(18-27-17-21)25-19-29(26-8-3-2-7-24(25)26)10-9-28-11-13-31-14-12-28/h2-8,15-19H,9-14H2,1H3. The third-order valence-corrected chi connectivity index (χ3v) is 6.00. The maximum absolute atomic E-state index is 5.48. The van der Waals surface area contributed by atoms with Gasteiger partial charge >= 0.3 is 0 Å². The molecule has 1 aliphatic rings. The topological polar surface area (TPSA) is 39.5 Å². The second-order valence-electron chi connectivity index (χ2n) is 7.90. The number of fused-ring (bicyclic) bond motifs is 1. The first-order valence-corrected chi connectivity index (χ1v) is 10.8. The van der Waals surface area contributed by atoms with Crippen molar-refractivity contribution in [1.82, 2.24) is 14.5 Å². The largest absolute Gasteiger partial charge is 0.497 e. The number of para-hydroxylation sites is 1. The van der Waals surface area contributed by atoms with Crippen LogP contribution in [-0.4, -0.2) is 54.4 Å². The number of ether oxygens (including phenoxy) is 2. The number of aromatic nitrogens is 2. The molecule has 1 fully saturated rings. The molecular weight excluding hydrogens is 386 g/mol. The molecule has 0 unspecified atom stereocenters. The van der Waals surface area contributed by atoms with Gasteiger partial charge in [-0.1, -0.05) is 30.3 Å². The Kier molecular flexibility index (Phi) is 5.69. The molecule has 5 rings (SSSR count). The van der Waals surface area contributed by atoms with E-state index in [1.807, 2.05) is 30.6 Å². The number of rotatable bonds is 6. The molecule has 0 bridgehead atoms. The van der Waals surface area contributed by atoms with Crippen LogP contribution in [0.3, 0.4) is 0 Å². The van der Waals surface area contributed by atoms with E-state index in [9.17, 15) is 0 Å². The van der Waals surface area contributed by atoms with Crippen LogP contribution in [0.5, 0.6) is 5.75 Å². The monoisotopic (exact) mass is 413 g/mol. The minimum Gasteiger partial charge on any atom is -0.497 e. The van der Waals surface area contributed by atoms with Gasteiger partial charge in [0.25, 0.3) is 0 Å². The fraction of sp³-hybridized carbons (Fsp3) is 0.269. The van der Waals surface area contributed by atoms with Crippen molar-refractivity contribution in [1.29, 1.82) is 0 Å². The number of hydrogen-bond donors (Lipinski definition) is 0. The molecule has 0 spiro atoms. The van der Waals surface area contributed by atoms with Crippen LogP contribution in [-0.2, 0) is 11.3 Å². The molecule has 0 saturated carbocycles. The summed E-state index contributed by atoms with van der Waals surface area (Å²) < 4.78 is 13.2. The van der Waals surface area contributed by atoms with Crippen LogP contribution in [0.15, 0.2) is 73.2 Å². The summed E-state index contributed by atoms with van der Waals surface area (Å²) >= 11 is 0. The third-order valence-electron chi connectivity index (χ3n) is 6.00. The summed E-state index contributed by atoms with van der Waals surface area (Å²) in [6.45, 7) is 5.69. The van der Waals surface area contributed by atoms with E-state index in [-0.39, 0.29) is 0 Å². The Balaban J connectivity index is 1.48. The van der Waals surface area contributed by atoms with E-state index in [0.29, 0.717) is 0 Å². The predicted octanol–water partition coefficient (Wildman–Crippen LogP) is 4.71. The highest BCUT2D eigenvalue weighted by Crippen LogP contribution is 2.33. The average Bonchev–Trinajstić information content (AvgIpc) is 3.22. The molecule has 0 atom stereocenters. The van der Waals surface area contributed by atoms with Gasteiger partial charge in [0.05, 0.1) is 20.3 Å². The van der Waals surface area contributed by atoms with Gasteiger partial charge in [0.15, 0.2) is 0 Å². The van der Waals surface area contributed by atoms with E-state index in [1.54, 1.807) is 7.11 Å². The molecule has 3 heterocycles. The highest BCUT2D eigenvalue weighted by Gasteiger charge is 2.14. The van der Waals surface area contributed by atoms with Gasteiger partial charge in [0.1, 0.15) is 5.75 Å². The number of morpholine rings is 1. The smallest absolute Gasteiger partial charge is 0.119 e. The Hall–Kier alpha value is -3.15. The first-order valence-electron chi connectivity index (χ1n) is 10.8. The highest BCUT2D eigenvalue weighted by molar-refractivity contribution is 5.96. The van der Waals surface area contributed by atoms with E-state index in [0.717, 1.165) is 61.8 Å². The van der Waals surface area contributed by atoms with Crippen LogP contribution in [0.25, 0.3) is 33.2 Å². The van der Waals surface area contributed by atoms with Gasteiger partial charge in [0.2, 0.25) is 0 Å². The summed E-state index contributed by atoms with van der Waals surface area (Å²) in [5.41, 5.74) is 5.79. The molecule has 2 aromatic carbocycles. The molecule has 2 aromatic heterocycles. The molecule has 31 heavy (non-hydrogen) atoms. The zero-order chi connectivity index (χ0) is 21.0. The Bertz CT molecular complexity index is 1180. The lowest BCUT2D eigenvalue weighted by Crippen LogP contribution is -2.38. The highest BCUT2D eigenvalue weighted by atomic mass is 16.5. The van der Waals surface area contributed by atoms with Crippen molar-refractivity contribution >= 4 is 10.9 Å². The molecule has 1 aliphatic heterocycles. The van der Waals surface area contributed by atoms with Gasteiger partial charge in [0, 0.05) is 72.4 Å². The van der Waals surface area contributed by atoms with Crippen molar-refractivity contribution in [2.45, 2.75) is 6.54 Å². The maximum atomic E-state index is 5.48. The van der Waals surface area contributed by atoms with Gasteiger partial charge in [-0.2, -0.15) is 0 Å². The number of benzene rings is 2. The minimum absolute atomic E-state index is 0.834. The van der Waals surface area contributed by atoms with Gasteiger partial charge in [-0.3, -0.25) is 9.88 Å². The quantitative estimate of drug-likeness (QED) is 0.459. The number of hydrogen-bond acceptors (Lipinski definition) is 4. The van der Waals surface area contributed by atoms with Crippen molar-refractivity contribution in [2.24, 2.45) is 0 Å². The van der Waals surface area contributed by atoms with Crippen molar-refractivity contribution < 1.29 is 9.47 Å². The van der Waals surface area contributed by atoms with E-state index >= 15 is 0 Å². The third kappa shape index (κ3) is 4.20. The van der Waals surface area contributed by atoms with Gasteiger partial charge in [-0.15, -0.1) is 0 Å². The molecule has 158 valence electrons. The van der Waals surface area contributed by atoms with Crippen molar-refractivity contribution in [3.05, 3.63) is 73.2 Å². The van der Waals surface area contributed by atoms with Crippen LogP contribution in [0.1, 0.15) is 0 Å². The van der Waals surface area contributed by atoms with Crippen LogP contribution < -0.4 is 4.74 Å². The maximum Gasteiger partial charge on any atom is 0.119 e. The van der Waals surface area contributed by atoms with Crippen LogP contribution in [0.2, 0.25) is 0 Å². The summed E-state index contributed by atoms with van der Waals surface area (Å²) in [6, 6.07) is 19.0. The Labute approximate surface area is 182 Å².